The fourth-order valence-corrected chi connectivity index (χ4v) is 3.06. The van der Waals surface area contributed by atoms with Crippen molar-refractivity contribution in [3.8, 4) is 5.75 Å². The fraction of sp³-hybridized carbons (Fsp3) is 0.263. The number of aliphatic hydroxyl groups is 1. The van der Waals surface area contributed by atoms with E-state index < -0.39 is 12.0 Å². The number of nitrogens with one attached hydrogen (secondary N) is 2. The second kappa shape index (κ2) is 12.5. The van der Waals surface area contributed by atoms with Gasteiger partial charge in [0.2, 0.25) is 0 Å². The van der Waals surface area contributed by atoms with Gasteiger partial charge < -0.3 is 35.5 Å². The van der Waals surface area contributed by atoms with Crippen LogP contribution in [0.5, 0.6) is 5.75 Å². The van der Waals surface area contributed by atoms with E-state index >= 15 is 0 Å². The van der Waals surface area contributed by atoms with Crippen LogP contribution in [0.4, 0.5) is 5.69 Å². The first-order valence-electron chi connectivity index (χ1n) is 8.55. The molecule has 11 heteroatoms. The van der Waals surface area contributed by atoms with Gasteiger partial charge in [-0.1, -0.05) is 23.2 Å². The van der Waals surface area contributed by atoms with Crippen LogP contribution < -0.4 is 20.9 Å². The lowest BCUT2D eigenvalue weighted by Crippen LogP contribution is -2.34. The Morgan fingerprint density at radius 1 is 1.20 bits per heavy atom. The van der Waals surface area contributed by atoms with Crippen LogP contribution in [0.2, 0.25) is 10.0 Å². The number of hydrogen-bond donors (Lipinski definition) is 4. The second-order valence-corrected chi connectivity index (χ2v) is 6.72. The molecule has 30 heavy (non-hydrogen) atoms. The minimum atomic E-state index is -1.42. The maximum absolute atomic E-state index is 11.8. The van der Waals surface area contributed by atoms with Gasteiger partial charge in [0.1, 0.15) is 18.2 Å². The molecule has 2 aromatic rings. The van der Waals surface area contributed by atoms with Crippen LogP contribution in [0.3, 0.4) is 0 Å². The number of amidine groups is 1. The molecule has 0 saturated carbocycles. The Kier molecular flexibility index (Phi) is 10.7. The van der Waals surface area contributed by atoms with Gasteiger partial charge in [-0.15, -0.1) is 12.4 Å². The minimum absolute atomic E-state index is 0. The number of nitrogen functional groups attached to an aromatic ring is 1. The smallest absolute Gasteiger partial charge is 0.143 e. The summed E-state index contributed by atoms with van der Waals surface area (Å²) < 4.78 is 10.7. The Bertz CT molecular complexity index is 865. The van der Waals surface area contributed by atoms with Crippen molar-refractivity contribution in [2.75, 3.05) is 31.7 Å². The predicted molar refractivity (Wildman–Crippen MR) is 116 cm³/mol. The zero-order chi connectivity index (χ0) is 21.4. The zero-order valence-electron chi connectivity index (χ0n) is 15.7. The van der Waals surface area contributed by atoms with Crippen molar-refractivity contribution in [1.29, 1.82) is 5.41 Å². The number of aliphatic carboxylic acids is 1. The van der Waals surface area contributed by atoms with Gasteiger partial charge in [-0.2, -0.15) is 0 Å². The van der Waals surface area contributed by atoms with Crippen molar-refractivity contribution >= 4 is 53.1 Å². The first kappa shape index (κ1) is 25.8. The summed E-state index contributed by atoms with van der Waals surface area (Å²) >= 11 is 12.3. The molecule has 0 fully saturated rings. The third-order valence-electron chi connectivity index (χ3n) is 3.80. The van der Waals surface area contributed by atoms with E-state index in [1.807, 2.05) is 0 Å². The average Bonchev–Trinajstić information content (AvgIpc) is 2.67. The summed E-state index contributed by atoms with van der Waals surface area (Å²) in [5.41, 5.74) is 6.56. The quantitative estimate of drug-likeness (QED) is 0.220. The summed E-state index contributed by atoms with van der Waals surface area (Å²) in [7, 11) is 0. The highest BCUT2D eigenvalue weighted by Gasteiger charge is 2.21. The normalized spacial score (nSPS) is 11.3. The van der Waals surface area contributed by atoms with Crippen molar-refractivity contribution in [2.45, 2.75) is 6.04 Å². The summed E-state index contributed by atoms with van der Waals surface area (Å²) in [5.74, 6) is -1.39. The largest absolute Gasteiger partial charge is 0.548 e. The Morgan fingerprint density at radius 3 is 2.43 bits per heavy atom. The number of carbonyl (C=O) groups excluding carboxylic acids is 1. The van der Waals surface area contributed by atoms with E-state index in [9.17, 15) is 9.90 Å². The fourth-order valence-electron chi connectivity index (χ4n) is 2.49. The number of halogens is 3. The van der Waals surface area contributed by atoms with Crippen molar-refractivity contribution in [1.82, 2.24) is 0 Å². The van der Waals surface area contributed by atoms with Crippen molar-refractivity contribution in [2.24, 2.45) is 5.73 Å². The van der Waals surface area contributed by atoms with Crippen LogP contribution in [0.25, 0.3) is 0 Å². The first-order chi connectivity index (χ1) is 13.8. The van der Waals surface area contributed by atoms with Gasteiger partial charge >= 0.3 is 0 Å². The van der Waals surface area contributed by atoms with Gasteiger partial charge in [-0.25, -0.2) is 0 Å². The van der Waals surface area contributed by atoms with Crippen molar-refractivity contribution in [3.05, 3.63) is 57.6 Å². The summed E-state index contributed by atoms with van der Waals surface area (Å²) in [6.45, 7) is 0.298. The highest BCUT2D eigenvalue weighted by molar-refractivity contribution is 6.35. The van der Waals surface area contributed by atoms with E-state index in [0.717, 1.165) is 0 Å². The van der Waals surface area contributed by atoms with Gasteiger partial charge in [-0.05, 0) is 36.4 Å². The summed E-state index contributed by atoms with van der Waals surface area (Å²) in [6.07, 6.45) is 0. The zero-order valence-corrected chi connectivity index (χ0v) is 18.0. The number of anilines is 1. The van der Waals surface area contributed by atoms with Crippen LogP contribution in [-0.2, 0) is 9.53 Å². The molecule has 0 spiro atoms. The predicted octanol–water partition coefficient (Wildman–Crippen LogP) is 1.99. The van der Waals surface area contributed by atoms with Gasteiger partial charge in [0, 0.05) is 21.8 Å². The standard InChI is InChI=1S/C19H21Cl2N3O5.ClH/c20-12-9-14(17(15(21)10-12)29-8-7-28-6-5-25)16(19(26)27)24-13-3-1-11(2-4-13)18(22)23;/h1-4,9-10,16,24-25H,5-8H2,(H3,22,23)(H,26,27);1H/p-1. The summed E-state index contributed by atoms with van der Waals surface area (Å²) in [4.78, 5) is 11.8. The average molecular weight is 478 g/mol. The van der Waals surface area contributed by atoms with Crippen molar-refractivity contribution in [3.63, 3.8) is 0 Å². The lowest BCUT2D eigenvalue weighted by Gasteiger charge is -2.25. The number of hydrogen-bond acceptors (Lipinski definition) is 7. The topological polar surface area (TPSA) is 141 Å². The van der Waals surface area contributed by atoms with Crippen LogP contribution in [0.1, 0.15) is 17.2 Å². The molecular weight excluding hydrogens is 457 g/mol. The van der Waals surface area contributed by atoms with Crippen LogP contribution in [-0.4, -0.2) is 43.3 Å². The van der Waals surface area contributed by atoms with E-state index in [2.05, 4.69) is 5.32 Å². The Hall–Kier alpha value is -2.23. The lowest BCUT2D eigenvalue weighted by atomic mass is 10.0. The minimum Gasteiger partial charge on any atom is -0.548 e. The van der Waals surface area contributed by atoms with Crippen molar-refractivity contribution < 1.29 is 24.5 Å². The molecule has 5 N–H and O–H groups in total. The van der Waals surface area contributed by atoms with Crippen LogP contribution >= 0.6 is 35.6 Å². The van der Waals surface area contributed by atoms with Gasteiger partial charge in [0.25, 0.3) is 0 Å². The van der Waals surface area contributed by atoms with Gasteiger partial charge in [0.05, 0.1) is 36.9 Å². The number of carbonyl (C=O) groups is 1. The molecule has 0 amide bonds. The van der Waals surface area contributed by atoms with Gasteiger partial charge in [0.15, 0.2) is 0 Å². The highest BCUT2D eigenvalue weighted by Crippen LogP contribution is 2.37. The number of nitrogens with two attached hydrogens (primary N) is 1. The van der Waals surface area contributed by atoms with E-state index in [1.54, 1.807) is 24.3 Å². The molecule has 1 unspecified atom stereocenters. The van der Waals surface area contributed by atoms with E-state index in [0.29, 0.717) is 11.3 Å². The Balaban J connectivity index is 0.00000450. The van der Waals surface area contributed by atoms with E-state index in [1.165, 1.54) is 12.1 Å². The van der Waals surface area contributed by atoms with E-state index in [4.69, 9.17) is 48.9 Å². The first-order valence-corrected chi connectivity index (χ1v) is 9.31. The van der Waals surface area contributed by atoms with E-state index in [-0.39, 0.29) is 66.0 Å². The molecule has 0 aliphatic heterocycles. The number of carboxylic acid groups (broad SMARTS) is 1. The molecule has 2 rings (SSSR count). The highest BCUT2D eigenvalue weighted by atomic mass is 35.5. The molecular formula is C19H21Cl3N3O5-. The number of carboxylic acids is 1. The van der Waals surface area contributed by atoms with Gasteiger partial charge in [-0.3, -0.25) is 5.41 Å². The molecule has 0 aliphatic carbocycles. The lowest BCUT2D eigenvalue weighted by molar-refractivity contribution is -0.307. The number of benzene rings is 2. The molecule has 1 atom stereocenters. The molecule has 0 bridgehead atoms. The third kappa shape index (κ3) is 7.23. The molecule has 2 aromatic carbocycles. The second-order valence-electron chi connectivity index (χ2n) is 5.88. The van der Waals surface area contributed by atoms with Crippen LogP contribution in [0.15, 0.2) is 36.4 Å². The molecule has 8 nitrogen and oxygen atoms in total. The maximum atomic E-state index is 11.8. The molecule has 0 saturated heterocycles. The summed E-state index contributed by atoms with van der Waals surface area (Å²) in [5, 5.41) is 31.2. The summed E-state index contributed by atoms with van der Waals surface area (Å²) in [6, 6.07) is 7.88. The molecule has 0 aliphatic rings. The number of ether oxygens (including phenoxy) is 2. The SMILES string of the molecule is Cl.N=C(N)c1ccc(NC(C(=O)[O-])c2cc(Cl)cc(Cl)c2OCCOCCO)cc1. The third-order valence-corrected chi connectivity index (χ3v) is 4.30. The molecule has 164 valence electrons. The number of aliphatic hydroxyl groups excluding tert-OH is 1. The molecule has 0 aromatic heterocycles. The number of rotatable bonds is 11. The monoisotopic (exact) mass is 476 g/mol. The Labute approximate surface area is 189 Å². The maximum Gasteiger partial charge on any atom is 0.143 e. The Morgan fingerprint density at radius 2 is 1.87 bits per heavy atom. The van der Waals surface area contributed by atoms with Crippen LogP contribution in [0, 0.1) is 5.41 Å². The molecule has 0 radical (unpaired) electrons. The molecule has 0 heterocycles.